The summed E-state index contributed by atoms with van der Waals surface area (Å²) in [4.78, 5) is 12.6. The molecule has 2 atom stereocenters. The number of hydrogen-bond donors (Lipinski definition) is 2. The third-order valence-electron chi connectivity index (χ3n) is 4.20. The summed E-state index contributed by atoms with van der Waals surface area (Å²) in [5.74, 6) is -0.625. The second-order valence-corrected chi connectivity index (χ2v) is 7.91. The molecule has 0 aliphatic rings. The van der Waals surface area contributed by atoms with E-state index in [0.717, 1.165) is 5.56 Å². The van der Waals surface area contributed by atoms with Crippen LogP contribution in [0.5, 0.6) is 0 Å². The molecule has 140 valence electrons. The van der Waals surface area contributed by atoms with Crippen molar-refractivity contribution in [1.29, 1.82) is 0 Å². The van der Waals surface area contributed by atoms with Crippen LogP contribution < -0.4 is 4.72 Å². The lowest BCUT2D eigenvalue weighted by atomic mass is 10.0. The molecule has 0 radical (unpaired) electrons. The fraction of sp³-hybridized carbons (Fsp3) is 0.150. The van der Waals surface area contributed by atoms with E-state index in [1.54, 1.807) is 54.6 Å². The number of carbonyl (C=O) groups excluding carboxylic acids is 1. The number of aliphatic hydroxyl groups excluding tert-OH is 1. The van der Waals surface area contributed by atoms with E-state index in [1.807, 2.05) is 6.92 Å². The first-order chi connectivity index (χ1) is 12.9. The van der Waals surface area contributed by atoms with Gasteiger partial charge in [0.05, 0.1) is 10.9 Å². The van der Waals surface area contributed by atoms with Gasteiger partial charge in [-0.25, -0.2) is 13.1 Å². The summed E-state index contributed by atoms with van der Waals surface area (Å²) in [6, 6.07) is 17.0. The lowest BCUT2D eigenvalue weighted by Crippen LogP contribution is -2.42. The second kappa shape index (κ2) is 7.87. The maximum absolute atomic E-state index is 12.8. The van der Waals surface area contributed by atoms with Gasteiger partial charge in [-0.3, -0.25) is 9.36 Å². The molecule has 2 aromatic carbocycles. The number of hydrogen-bond acceptors (Lipinski definition) is 4. The summed E-state index contributed by atoms with van der Waals surface area (Å²) in [6.07, 6.45) is 1.41. The van der Waals surface area contributed by atoms with Crippen molar-refractivity contribution in [3.8, 4) is 0 Å². The SMILES string of the molecule is Cc1ccc(S(=O)(=O)N[C@@H](c2ccccc2)[C@@H](O)C(=O)n2cccc2)cc1. The molecule has 7 heteroatoms. The number of benzene rings is 2. The van der Waals surface area contributed by atoms with Gasteiger partial charge in [0.15, 0.2) is 6.10 Å². The van der Waals surface area contributed by atoms with Crippen LogP contribution in [0.25, 0.3) is 0 Å². The van der Waals surface area contributed by atoms with Crippen molar-refractivity contribution in [3.63, 3.8) is 0 Å². The molecule has 6 nitrogen and oxygen atoms in total. The molecule has 0 bridgehead atoms. The Morgan fingerprint density at radius 3 is 2.15 bits per heavy atom. The zero-order valence-corrected chi connectivity index (χ0v) is 15.5. The van der Waals surface area contributed by atoms with Crippen molar-refractivity contribution < 1.29 is 18.3 Å². The van der Waals surface area contributed by atoms with Crippen LogP contribution in [-0.2, 0) is 10.0 Å². The van der Waals surface area contributed by atoms with Gasteiger partial charge >= 0.3 is 0 Å². The second-order valence-electron chi connectivity index (χ2n) is 6.20. The van der Waals surface area contributed by atoms with Crippen molar-refractivity contribution >= 4 is 15.9 Å². The van der Waals surface area contributed by atoms with Gasteiger partial charge in [-0.2, -0.15) is 0 Å². The van der Waals surface area contributed by atoms with Crippen LogP contribution in [0.15, 0.2) is 84.0 Å². The number of nitrogens with zero attached hydrogens (tertiary/aromatic N) is 1. The van der Waals surface area contributed by atoms with Gasteiger partial charge in [-0.05, 0) is 36.8 Å². The van der Waals surface area contributed by atoms with Gasteiger partial charge in [0, 0.05) is 12.4 Å². The van der Waals surface area contributed by atoms with Crippen molar-refractivity contribution in [2.45, 2.75) is 24.0 Å². The van der Waals surface area contributed by atoms with Crippen LogP contribution in [0.1, 0.15) is 22.0 Å². The predicted molar refractivity (Wildman–Crippen MR) is 102 cm³/mol. The minimum absolute atomic E-state index is 0.0645. The summed E-state index contributed by atoms with van der Waals surface area (Å²) < 4.78 is 29.3. The molecule has 2 N–H and O–H groups in total. The third kappa shape index (κ3) is 4.33. The molecule has 1 heterocycles. The molecule has 0 saturated heterocycles. The normalized spacial score (nSPS) is 13.9. The van der Waals surface area contributed by atoms with Gasteiger partial charge in [0.2, 0.25) is 10.0 Å². The van der Waals surface area contributed by atoms with E-state index >= 15 is 0 Å². The minimum Gasteiger partial charge on any atom is -0.381 e. The standard InChI is InChI=1S/C20H20N2O4S/c1-15-9-11-17(12-10-15)27(25,26)21-18(16-7-3-2-4-8-16)19(23)20(24)22-13-5-6-14-22/h2-14,18-19,21,23H,1H3/t18-,19+/m0/s1. The maximum atomic E-state index is 12.8. The predicted octanol–water partition coefficient (Wildman–Crippen LogP) is 2.52. The minimum atomic E-state index is -3.94. The molecular formula is C20H20N2O4S. The molecule has 0 unspecified atom stereocenters. The van der Waals surface area contributed by atoms with Crippen molar-refractivity contribution in [2.24, 2.45) is 0 Å². The Labute approximate surface area is 158 Å². The Morgan fingerprint density at radius 2 is 1.56 bits per heavy atom. The highest BCUT2D eigenvalue weighted by molar-refractivity contribution is 7.89. The van der Waals surface area contributed by atoms with E-state index in [2.05, 4.69) is 4.72 Å². The first-order valence-electron chi connectivity index (χ1n) is 8.38. The molecule has 3 aromatic rings. The van der Waals surface area contributed by atoms with E-state index in [4.69, 9.17) is 0 Å². The molecule has 0 spiro atoms. The van der Waals surface area contributed by atoms with Crippen LogP contribution in [0.3, 0.4) is 0 Å². The Balaban J connectivity index is 1.95. The van der Waals surface area contributed by atoms with Crippen LogP contribution in [-0.4, -0.2) is 30.1 Å². The van der Waals surface area contributed by atoms with Gasteiger partial charge in [0.1, 0.15) is 0 Å². The van der Waals surface area contributed by atoms with Crippen molar-refractivity contribution in [3.05, 3.63) is 90.3 Å². The average Bonchev–Trinajstić information content (AvgIpc) is 3.21. The Kier molecular flexibility index (Phi) is 5.55. The fourth-order valence-electron chi connectivity index (χ4n) is 2.70. The van der Waals surface area contributed by atoms with Crippen LogP contribution in [0.4, 0.5) is 0 Å². The monoisotopic (exact) mass is 384 g/mol. The van der Waals surface area contributed by atoms with Gasteiger partial charge in [-0.1, -0.05) is 48.0 Å². The number of rotatable bonds is 6. The Morgan fingerprint density at radius 1 is 0.963 bits per heavy atom. The third-order valence-corrected chi connectivity index (χ3v) is 5.66. The number of aryl methyl sites for hydroxylation is 1. The number of nitrogens with one attached hydrogen (secondary N) is 1. The highest BCUT2D eigenvalue weighted by Gasteiger charge is 2.32. The highest BCUT2D eigenvalue weighted by Crippen LogP contribution is 2.22. The number of aromatic nitrogens is 1. The van der Waals surface area contributed by atoms with Gasteiger partial charge < -0.3 is 5.11 Å². The van der Waals surface area contributed by atoms with E-state index in [0.29, 0.717) is 5.56 Å². The van der Waals surface area contributed by atoms with Gasteiger partial charge in [-0.15, -0.1) is 0 Å². The Hall–Kier alpha value is -2.74. The summed E-state index contributed by atoms with van der Waals surface area (Å²) in [7, 11) is -3.94. The first kappa shape index (κ1) is 19.0. The van der Waals surface area contributed by atoms with Crippen molar-refractivity contribution in [1.82, 2.24) is 9.29 Å². The summed E-state index contributed by atoms with van der Waals surface area (Å²) >= 11 is 0. The lowest BCUT2D eigenvalue weighted by molar-refractivity contribution is 0.0586. The fourth-order valence-corrected chi connectivity index (χ4v) is 3.93. The van der Waals surface area contributed by atoms with E-state index < -0.39 is 28.1 Å². The molecule has 0 aliphatic heterocycles. The highest BCUT2D eigenvalue weighted by atomic mass is 32.2. The smallest absolute Gasteiger partial charge is 0.261 e. The van der Waals surface area contributed by atoms with Crippen LogP contribution >= 0.6 is 0 Å². The van der Waals surface area contributed by atoms with Gasteiger partial charge in [0.25, 0.3) is 5.91 Å². The average molecular weight is 384 g/mol. The largest absolute Gasteiger partial charge is 0.381 e. The number of aliphatic hydroxyl groups is 1. The van der Waals surface area contributed by atoms with Crippen LogP contribution in [0.2, 0.25) is 0 Å². The molecule has 0 fully saturated rings. The lowest BCUT2D eigenvalue weighted by Gasteiger charge is -2.24. The number of carbonyl (C=O) groups is 1. The maximum Gasteiger partial charge on any atom is 0.261 e. The summed E-state index contributed by atoms with van der Waals surface area (Å²) in [6.45, 7) is 1.86. The topological polar surface area (TPSA) is 88.4 Å². The molecule has 0 saturated carbocycles. The molecule has 3 rings (SSSR count). The zero-order chi connectivity index (χ0) is 19.4. The first-order valence-corrected chi connectivity index (χ1v) is 9.86. The van der Waals surface area contributed by atoms with E-state index in [1.165, 1.54) is 29.1 Å². The molecule has 1 aromatic heterocycles. The number of sulfonamides is 1. The molecule has 0 aliphatic carbocycles. The van der Waals surface area contributed by atoms with E-state index in [-0.39, 0.29) is 4.90 Å². The van der Waals surface area contributed by atoms with Crippen molar-refractivity contribution in [2.75, 3.05) is 0 Å². The Bertz CT molecular complexity index is 998. The van der Waals surface area contributed by atoms with E-state index in [9.17, 15) is 18.3 Å². The molecular weight excluding hydrogens is 364 g/mol. The zero-order valence-electron chi connectivity index (χ0n) is 14.7. The quantitative estimate of drug-likeness (QED) is 0.684. The summed E-state index contributed by atoms with van der Waals surface area (Å²) in [5.41, 5.74) is 1.41. The summed E-state index contributed by atoms with van der Waals surface area (Å²) in [5, 5.41) is 10.7. The molecule has 27 heavy (non-hydrogen) atoms. The molecule has 0 amide bonds. The van der Waals surface area contributed by atoms with Crippen LogP contribution in [0, 0.1) is 6.92 Å².